The van der Waals surface area contributed by atoms with E-state index in [2.05, 4.69) is 36.1 Å². The zero-order chi connectivity index (χ0) is 11.7. The lowest BCUT2D eigenvalue weighted by molar-refractivity contribution is 0.204. The van der Waals surface area contributed by atoms with Gasteiger partial charge in [0.2, 0.25) is 0 Å². The van der Waals surface area contributed by atoms with Gasteiger partial charge < -0.3 is 4.90 Å². The third-order valence-electron chi connectivity index (χ3n) is 4.35. The summed E-state index contributed by atoms with van der Waals surface area (Å²) in [6.07, 6.45) is 5.68. The van der Waals surface area contributed by atoms with E-state index in [1.807, 2.05) is 0 Å². The highest BCUT2D eigenvalue weighted by Crippen LogP contribution is 2.33. The Kier molecular flexibility index (Phi) is 3.19. The van der Waals surface area contributed by atoms with Crippen LogP contribution in [-0.4, -0.2) is 24.5 Å². The highest BCUT2D eigenvalue weighted by atomic mass is 15.1. The maximum absolute atomic E-state index is 2.68. The smallest absolute Gasteiger partial charge is 0.000967 e. The van der Waals surface area contributed by atoms with Crippen LogP contribution in [0.3, 0.4) is 0 Å². The number of hydrogen-bond donors (Lipinski definition) is 0. The van der Waals surface area contributed by atoms with Gasteiger partial charge in [0.15, 0.2) is 0 Å². The van der Waals surface area contributed by atoms with Crippen molar-refractivity contribution in [1.29, 1.82) is 0 Å². The Bertz CT molecular complexity index is 356. The van der Waals surface area contributed by atoms with E-state index in [0.29, 0.717) is 0 Å². The van der Waals surface area contributed by atoms with Gasteiger partial charge in [-0.1, -0.05) is 29.8 Å². The van der Waals surface area contributed by atoms with Gasteiger partial charge in [-0.05, 0) is 63.1 Å². The van der Waals surface area contributed by atoms with Crippen molar-refractivity contribution < 1.29 is 0 Å². The summed E-state index contributed by atoms with van der Waals surface area (Å²) in [5.41, 5.74) is 2.93. The van der Waals surface area contributed by atoms with Gasteiger partial charge in [0.25, 0.3) is 0 Å². The number of nitrogens with zero attached hydrogens (tertiary/aromatic N) is 1. The van der Waals surface area contributed by atoms with Gasteiger partial charge in [0.1, 0.15) is 0 Å². The summed E-state index contributed by atoms with van der Waals surface area (Å²) in [7, 11) is 0. The Labute approximate surface area is 105 Å². The molecule has 0 N–H and O–H groups in total. The third-order valence-corrected chi connectivity index (χ3v) is 4.35. The van der Waals surface area contributed by atoms with Crippen molar-refractivity contribution in [2.75, 3.05) is 19.6 Å². The van der Waals surface area contributed by atoms with Gasteiger partial charge in [-0.15, -0.1) is 0 Å². The van der Waals surface area contributed by atoms with Crippen LogP contribution in [0.5, 0.6) is 0 Å². The Balaban J connectivity index is 1.54. The van der Waals surface area contributed by atoms with E-state index in [0.717, 1.165) is 11.8 Å². The average Bonchev–Trinajstić information content (AvgIpc) is 3.15. The van der Waals surface area contributed by atoms with Crippen molar-refractivity contribution in [3.05, 3.63) is 35.4 Å². The van der Waals surface area contributed by atoms with Crippen LogP contribution in [-0.2, 0) is 0 Å². The molecule has 1 saturated heterocycles. The van der Waals surface area contributed by atoms with Crippen LogP contribution >= 0.6 is 0 Å². The van der Waals surface area contributed by atoms with Crippen molar-refractivity contribution in [3.8, 4) is 0 Å². The minimum absolute atomic E-state index is 0.811. The van der Waals surface area contributed by atoms with Crippen LogP contribution in [0.1, 0.15) is 42.7 Å². The predicted molar refractivity (Wildman–Crippen MR) is 72.3 cm³/mol. The Morgan fingerprint density at radius 3 is 2.24 bits per heavy atom. The summed E-state index contributed by atoms with van der Waals surface area (Å²) in [4.78, 5) is 2.68. The molecule has 3 rings (SSSR count). The normalized spacial score (nSPS) is 22.9. The van der Waals surface area contributed by atoms with E-state index in [1.54, 1.807) is 5.56 Å². The molecule has 17 heavy (non-hydrogen) atoms. The minimum atomic E-state index is 0.811. The zero-order valence-electron chi connectivity index (χ0n) is 10.9. The molecule has 0 bridgehead atoms. The van der Waals surface area contributed by atoms with E-state index in [1.165, 1.54) is 50.9 Å². The summed E-state index contributed by atoms with van der Waals surface area (Å²) in [6, 6.07) is 9.17. The average molecular weight is 229 g/mol. The third kappa shape index (κ3) is 2.90. The fourth-order valence-corrected chi connectivity index (χ4v) is 2.95. The first-order valence-corrected chi connectivity index (χ1v) is 7.10. The molecule has 92 valence electrons. The van der Waals surface area contributed by atoms with E-state index < -0.39 is 0 Å². The first kappa shape index (κ1) is 11.3. The molecule has 1 aromatic rings. The fraction of sp³-hybridized carbons (Fsp3) is 0.625. The van der Waals surface area contributed by atoms with Gasteiger partial charge in [-0.3, -0.25) is 0 Å². The van der Waals surface area contributed by atoms with Crippen molar-refractivity contribution in [2.45, 2.75) is 38.5 Å². The molecule has 0 radical (unpaired) electrons. The highest BCUT2D eigenvalue weighted by molar-refractivity contribution is 5.24. The molecule has 1 aliphatic carbocycles. The van der Waals surface area contributed by atoms with Gasteiger partial charge in [-0.2, -0.15) is 0 Å². The number of hydrogen-bond acceptors (Lipinski definition) is 1. The van der Waals surface area contributed by atoms with Crippen LogP contribution in [0.2, 0.25) is 0 Å². The molecule has 2 aliphatic rings. The van der Waals surface area contributed by atoms with E-state index in [-0.39, 0.29) is 0 Å². The number of aryl methyl sites for hydroxylation is 1. The largest absolute Gasteiger partial charge is 0.303 e. The lowest BCUT2D eigenvalue weighted by Gasteiger charge is -2.32. The van der Waals surface area contributed by atoms with Gasteiger partial charge >= 0.3 is 0 Å². The summed E-state index contributed by atoms with van der Waals surface area (Å²) < 4.78 is 0. The van der Waals surface area contributed by atoms with Crippen LogP contribution in [0.4, 0.5) is 0 Å². The van der Waals surface area contributed by atoms with Gasteiger partial charge in [0.05, 0.1) is 0 Å². The standard InChI is InChI=1S/C16H23N/c1-13-2-6-15(7-3-13)16-8-10-17(11-9-16)12-14-4-5-14/h2-3,6-7,14,16H,4-5,8-12H2,1H3. The van der Waals surface area contributed by atoms with Crippen molar-refractivity contribution in [3.63, 3.8) is 0 Å². The second-order valence-corrected chi connectivity index (χ2v) is 5.93. The molecule has 1 saturated carbocycles. The Morgan fingerprint density at radius 2 is 1.65 bits per heavy atom. The second-order valence-electron chi connectivity index (χ2n) is 5.93. The number of piperidine rings is 1. The fourth-order valence-electron chi connectivity index (χ4n) is 2.95. The van der Waals surface area contributed by atoms with E-state index in [9.17, 15) is 0 Å². The van der Waals surface area contributed by atoms with Crippen LogP contribution in [0.15, 0.2) is 24.3 Å². The van der Waals surface area contributed by atoms with Crippen LogP contribution < -0.4 is 0 Å². The maximum Gasteiger partial charge on any atom is 0.000967 e. The van der Waals surface area contributed by atoms with Crippen LogP contribution in [0.25, 0.3) is 0 Å². The highest BCUT2D eigenvalue weighted by Gasteiger charge is 2.27. The topological polar surface area (TPSA) is 3.24 Å². The monoisotopic (exact) mass is 229 g/mol. The van der Waals surface area contributed by atoms with Crippen molar-refractivity contribution >= 4 is 0 Å². The lowest BCUT2D eigenvalue weighted by atomic mass is 9.89. The molecule has 0 spiro atoms. The molecule has 1 aliphatic heterocycles. The summed E-state index contributed by atoms with van der Waals surface area (Å²) >= 11 is 0. The molecule has 2 fully saturated rings. The molecular weight excluding hydrogens is 206 g/mol. The zero-order valence-corrected chi connectivity index (χ0v) is 10.9. The molecule has 1 aromatic carbocycles. The molecule has 0 amide bonds. The number of rotatable bonds is 3. The minimum Gasteiger partial charge on any atom is -0.303 e. The summed E-state index contributed by atoms with van der Waals surface area (Å²) in [5, 5.41) is 0. The van der Waals surface area contributed by atoms with Crippen molar-refractivity contribution in [1.82, 2.24) is 4.90 Å². The molecular formula is C16H23N. The second kappa shape index (κ2) is 4.81. The first-order chi connectivity index (χ1) is 8.31. The SMILES string of the molecule is Cc1ccc(C2CCN(CC3CC3)CC2)cc1. The van der Waals surface area contributed by atoms with Gasteiger partial charge in [-0.25, -0.2) is 0 Å². The molecule has 1 heteroatoms. The Hall–Kier alpha value is -0.820. The quantitative estimate of drug-likeness (QED) is 0.765. The van der Waals surface area contributed by atoms with Crippen molar-refractivity contribution in [2.24, 2.45) is 5.92 Å². The summed E-state index contributed by atoms with van der Waals surface area (Å²) in [6.45, 7) is 6.17. The number of likely N-dealkylation sites (tertiary alicyclic amines) is 1. The predicted octanol–water partition coefficient (Wildman–Crippen LogP) is 3.58. The molecule has 0 aromatic heterocycles. The summed E-state index contributed by atoms with van der Waals surface area (Å²) in [5.74, 6) is 1.86. The molecule has 1 nitrogen and oxygen atoms in total. The van der Waals surface area contributed by atoms with Crippen LogP contribution in [0, 0.1) is 12.8 Å². The molecule has 0 atom stereocenters. The van der Waals surface area contributed by atoms with E-state index in [4.69, 9.17) is 0 Å². The first-order valence-electron chi connectivity index (χ1n) is 7.10. The maximum atomic E-state index is 2.68. The molecule has 1 heterocycles. The number of benzene rings is 1. The Morgan fingerprint density at radius 1 is 1.00 bits per heavy atom. The molecule has 0 unspecified atom stereocenters. The lowest BCUT2D eigenvalue weighted by Crippen LogP contribution is -2.34. The van der Waals surface area contributed by atoms with Gasteiger partial charge in [0, 0.05) is 6.54 Å². The van der Waals surface area contributed by atoms with E-state index >= 15 is 0 Å².